The Morgan fingerprint density at radius 3 is 2.41 bits per heavy atom. The van der Waals surface area contributed by atoms with E-state index in [0.717, 1.165) is 58.7 Å². The number of nitrogens with one attached hydrogen (secondary N) is 1. The van der Waals surface area contributed by atoms with Gasteiger partial charge >= 0.3 is 0 Å². The van der Waals surface area contributed by atoms with Gasteiger partial charge in [-0.05, 0) is 46.8 Å². The van der Waals surface area contributed by atoms with Crippen molar-refractivity contribution in [3.8, 4) is 17.2 Å². The maximum atomic E-state index is 6.60. The molecule has 3 atom stereocenters. The second-order valence-corrected chi connectivity index (χ2v) is 10.9. The van der Waals surface area contributed by atoms with E-state index in [1.807, 2.05) is 48.5 Å². The van der Waals surface area contributed by atoms with Crippen molar-refractivity contribution in [2.75, 3.05) is 54.4 Å². The second kappa shape index (κ2) is 16.4. The van der Waals surface area contributed by atoms with Gasteiger partial charge in [0.1, 0.15) is 17.2 Å². The molecule has 2 N–H and O–H groups in total. The average molecular weight is 603 g/mol. The fraction of sp³-hybridized carbons (Fsp3) is 0.389. The lowest BCUT2D eigenvalue weighted by atomic mass is 9.85. The Balaban J connectivity index is 1.18. The Labute approximate surface area is 260 Å². The lowest BCUT2D eigenvalue weighted by Crippen LogP contribution is -2.52. The quantitative estimate of drug-likeness (QED) is 0.101. The summed E-state index contributed by atoms with van der Waals surface area (Å²) in [4.78, 5) is 0. The summed E-state index contributed by atoms with van der Waals surface area (Å²) >= 11 is 0. The van der Waals surface area contributed by atoms with Crippen molar-refractivity contribution in [1.29, 1.82) is 0 Å². The van der Waals surface area contributed by atoms with Crippen LogP contribution in [0.1, 0.15) is 29.0 Å². The number of rotatable bonds is 16. The number of benzene rings is 4. The van der Waals surface area contributed by atoms with E-state index in [2.05, 4.69) is 41.7 Å². The molecular formula is C36H44NO7+. The number of hydrogen-bond acceptors (Lipinski definition) is 7. The SMILES string of the molecule is COC[OH+]C1CNCC(OCc2cc(OC)c3ccccc3c2)[C@H]1c1ccc(OCCCOCc2ccccc2OC)cc1. The molecular weight excluding hydrogens is 558 g/mol. The van der Waals surface area contributed by atoms with Gasteiger partial charge in [-0.1, -0.05) is 54.6 Å². The highest BCUT2D eigenvalue weighted by Gasteiger charge is 2.39. The number of ether oxygens (including phenoxy) is 7. The molecule has 0 bridgehead atoms. The van der Waals surface area contributed by atoms with Crippen LogP contribution in [0.15, 0.2) is 84.9 Å². The van der Waals surface area contributed by atoms with Crippen LogP contribution in [0.2, 0.25) is 0 Å². The number of methoxy groups -OCH3 is 3. The molecule has 4 aromatic carbocycles. The van der Waals surface area contributed by atoms with E-state index in [0.29, 0.717) is 33.2 Å². The Morgan fingerprint density at radius 2 is 1.59 bits per heavy atom. The van der Waals surface area contributed by atoms with Crippen molar-refractivity contribution in [2.45, 2.75) is 37.8 Å². The van der Waals surface area contributed by atoms with Crippen molar-refractivity contribution < 1.29 is 33.2 Å². The monoisotopic (exact) mass is 602 g/mol. The topological polar surface area (TPSA) is 80.2 Å². The van der Waals surface area contributed by atoms with E-state index in [4.69, 9.17) is 33.2 Å². The molecule has 0 aliphatic carbocycles. The van der Waals surface area contributed by atoms with Gasteiger partial charge in [-0.25, -0.2) is 0 Å². The predicted molar refractivity (Wildman–Crippen MR) is 172 cm³/mol. The molecule has 1 heterocycles. The molecule has 0 saturated carbocycles. The molecule has 4 aromatic rings. The van der Waals surface area contributed by atoms with E-state index in [1.165, 1.54) is 5.56 Å². The van der Waals surface area contributed by atoms with Gasteiger partial charge in [0.2, 0.25) is 0 Å². The Hall–Kier alpha value is -3.66. The third-order valence-electron chi connectivity index (χ3n) is 7.94. The minimum atomic E-state index is -0.0704. The van der Waals surface area contributed by atoms with E-state index in [1.54, 1.807) is 21.3 Å². The summed E-state index contributed by atoms with van der Waals surface area (Å²) in [6.45, 7) is 4.02. The molecule has 8 heteroatoms. The highest BCUT2D eigenvalue weighted by molar-refractivity contribution is 5.89. The summed E-state index contributed by atoms with van der Waals surface area (Å²) in [7, 11) is 5.06. The molecule has 5 rings (SSSR count). The zero-order valence-electron chi connectivity index (χ0n) is 25.9. The van der Waals surface area contributed by atoms with Crippen LogP contribution in [0.5, 0.6) is 17.2 Å². The van der Waals surface area contributed by atoms with Crippen molar-refractivity contribution in [2.24, 2.45) is 0 Å². The summed E-state index contributed by atoms with van der Waals surface area (Å²) < 4.78 is 39.7. The summed E-state index contributed by atoms with van der Waals surface area (Å²) in [6.07, 6.45) is 0.740. The molecule has 234 valence electrons. The molecule has 1 saturated heterocycles. The van der Waals surface area contributed by atoms with E-state index in [9.17, 15) is 0 Å². The molecule has 0 radical (unpaired) electrons. The van der Waals surface area contributed by atoms with Gasteiger partial charge in [0, 0.05) is 31.0 Å². The van der Waals surface area contributed by atoms with Crippen LogP contribution in [0, 0.1) is 0 Å². The second-order valence-electron chi connectivity index (χ2n) is 10.9. The predicted octanol–water partition coefficient (Wildman–Crippen LogP) is 5.62. The molecule has 2 unspecified atom stereocenters. The van der Waals surface area contributed by atoms with E-state index in [-0.39, 0.29) is 18.1 Å². The van der Waals surface area contributed by atoms with Crippen LogP contribution in [0.3, 0.4) is 0 Å². The molecule has 0 amide bonds. The maximum Gasteiger partial charge on any atom is 0.254 e. The van der Waals surface area contributed by atoms with Crippen LogP contribution in [0.25, 0.3) is 10.8 Å². The zero-order chi connectivity index (χ0) is 30.6. The van der Waals surface area contributed by atoms with E-state index < -0.39 is 0 Å². The van der Waals surface area contributed by atoms with Crippen molar-refractivity contribution >= 4 is 10.8 Å². The minimum absolute atomic E-state index is 0.0204. The summed E-state index contributed by atoms with van der Waals surface area (Å²) in [5.74, 6) is 2.60. The fourth-order valence-corrected chi connectivity index (χ4v) is 5.75. The highest BCUT2D eigenvalue weighted by Crippen LogP contribution is 2.33. The summed E-state index contributed by atoms with van der Waals surface area (Å²) in [6, 6.07) is 28.7. The Morgan fingerprint density at radius 1 is 0.795 bits per heavy atom. The largest absolute Gasteiger partial charge is 0.496 e. The number of para-hydroxylation sites is 1. The van der Waals surface area contributed by atoms with Gasteiger partial charge in [-0.3, -0.25) is 0 Å². The zero-order valence-corrected chi connectivity index (χ0v) is 25.9. The van der Waals surface area contributed by atoms with Crippen LogP contribution in [-0.2, 0) is 27.4 Å². The standard InChI is InChI=1S/C36H43NO7/c1-38-25-44-35-22-37-21-34(43-23-26-19-28-9-4-6-11-31(28)33(20-26)40-3)36(35)27-13-15-30(16-14-27)42-18-8-17-41-24-29-10-5-7-12-32(29)39-2/h4-7,9-16,19-20,34-37H,8,17-18,21-25H2,1-3H3/p+1/t34?,35?,36-/m1/s1. The first-order valence-corrected chi connectivity index (χ1v) is 15.2. The fourth-order valence-electron chi connectivity index (χ4n) is 5.75. The lowest BCUT2D eigenvalue weighted by molar-refractivity contribution is -0.213. The van der Waals surface area contributed by atoms with Crippen molar-refractivity contribution in [3.05, 3.63) is 102 Å². The van der Waals surface area contributed by atoms with Gasteiger partial charge in [-0.2, -0.15) is 0 Å². The molecule has 0 spiro atoms. The molecule has 0 aromatic heterocycles. The van der Waals surface area contributed by atoms with Gasteiger partial charge in [0.15, 0.2) is 6.10 Å². The van der Waals surface area contributed by atoms with Crippen molar-refractivity contribution in [1.82, 2.24) is 5.32 Å². The van der Waals surface area contributed by atoms with Gasteiger partial charge in [0.25, 0.3) is 6.79 Å². The highest BCUT2D eigenvalue weighted by atomic mass is 16.7. The number of fused-ring (bicyclic) bond motifs is 1. The smallest absolute Gasteiger partial charge is 0.254 e. The number of hydrogen-bond donors (Lipinski definition) is 1. The number of aliphatic hydroxyl groups is 2. The molecule has 44 heavy (non-hydrogen) atoms. The normalized spacial score (nSPS) is 18.3. The van der Waals surface area contributed by atoms with E-state index >= 15 is 0 Å². The third kappa shape index (κ3) is 8.28. The number of piperidine rings is 1. The summed E-state index contributed by atoms with van der Waals surface area (Å²) in [5.41, 5.74) is 3.29. The molecule has 8 nitrogen and oxygen atoms in total. The molecule has 1 aliphatic heterocycles. The lowest BCUT2D eigenvalue weighted by Gasteiger charge is -2.36. The third-order valence-corrected chi connectivity index (χ3v) is 7.94. The maximum absolute atomic E-state index is 6.60. The molecule has 1 fully saturated rings. The van der Waals surface area contributed by atoms with Crippen LogP contribution < -0.4 is 19.5 Å². The minimum Gasteiger partial charge on any atom is -0.496 e. The van der Waals surface area contributed by atoms with Crippen LogP contribution >= 0.6 is 0 Å². The Kier molecular flexibility index (Phi) is 11.9. The molecule has 1 aliphatic rings. The van der Waals surface area contributed by atoms with Gasteiger partial charge < -0.3 is 38.5 Å². The van der Waals surface area contributed by atoms with Gasteiger partial charge in [0.05, 0.1) is 59.2 Å². The summed E-state index contributed by atoms with van der Waals surface area (Å²) in [5, 5.41) is 5.74. The van der Waals surface area contributed by atoms with Crippen LogP contribution in [-0.4, -0.2) is 71.4 Å². The first-order valence-electron chi connectivity index (χ1n) is 15.2. The van der Waals surface area contributed by atoms with Crippen LogP contribution in [0.4, 0.5) is 0 Å². The Bertz CT molecular complexity index is 1440. The first kappa shape index (κ1) is 31.8. The van der Waals surface area contributed by atoms with Crippen molar-refractivity contribution in [3.63, 3.8) is 0 Å². The van der Waals surface area contributed by atoms with Gasteiger partial charge in [-0.15, -0.1) is 0 Å². The first-order chi connectivity index (χ1) is 21.7. The average Bonchev–Trinajstić information content (AvgIpc) is 3.08.